The Hall–Kier alpha value is -1.02. The van der Waals surface area contributed by atoms with E-state index in [-0.39, 0.29) is 6.10 Å². The molecule has 0 saturated heterocycles. The predicted octanol–water partition coefficient (Wildman–Crippen LogP) is 3.96. The molecule has 90 valence electrons. The van der Waals surface area contributed by atoms with Crippen molar-refractivity contribution in [1.29, 1.82) is 0 Å². The number of benzene rings is 1. The second-order valence-corrected chi connectivity index (χ2v) is 3.89. The van der Waals surface area contributed by atoms with Crippen LogP contribution in [0.4, 0.5) is 0 Å². The van der Waals surface area contributed by atoms with E-state index in [1.807, 2.05) is 18.2 Å². The fourth-order valence-electron chi connectivity index (χ4n) is 1.78. The van der Waals surface area contributed by atoms with Gasteiger partial charge in [0.15, 0.2) is 0 Å². The fraction of sp³-hybridized carbons (Fsp3) is 0.571. The van der Waals surface area contributed by atoms with Crippen molar-refractivity contribution >= 4 is 0 Å². The summed E-state index contributed by atoms with van der Waals surface area (Å²) in [5.41, 5.74) is 1.17. The second kappa shape index (κ2) is 7.29. The van der Waals surface area contributed by atoms with E-state index in [4.69, 9.17) is 9.47 Å². The lowest BCUT2D eigenvalue weighted by atomic mass is 10.0. The molecule has 16 heavy (non-hydrogen) atoms. The van der Waals surface area contributed by atoms with Crippen molar-refractivity contribution < 1.29 is 9.47 Å². The third-order valence-electron chi connectivity index (χ3n) is 2.56. The van der Waals surface area contributed by atoms with Gasteiger partial charge in [-0.2, -0.15) is 0 Å². The zero-order valence-electron chi connectivity index (χ0n) is 10.5. The number of hydrogen-bond donors (Lipinski definition) is 0. The maximum absolute atomic E-state index is 5.88. The Balaban J connectivity index is 2.81. The lowest BCUT2D eigenvalue weighted by molar-refractivity contribution is 0.0449. The van der Waals surface area contributed by atoms with E-state index >= 15 is 0 Å². The highest BCUT2D eigenvalue weighted by atomic mass is 16.5. The van der Waals surface area contributed by atoms with E-state index in [2.05, 4.69) is 19.9 Å². The summed E-state index contributed by atoms with van der Waals surface area (Å²) in [7, 11) is 1.71. The van der Waals surface area contributed by atoms with Crippen LogP contribution in [-0.2, 0) is 4.74 Å². The van der Waals surface area contributed by atoms with E-state index in [1.54, 1.807) is 7.11 Å². The van der Waals surface area contributed by atoms with Gasteiger partial charge in [-0.15, -0.1) is 0 Å². The van der Waals surface area contributed by atoms with E-state index in [1.165, 1.54) is 5.56 Å². The van der Waals surface area contributed by atoms with Crippen LogP contribution in [0.15, 0.2) is 24.3 Å². The zero-order chi connectivity index (χ0) is 11.8. The van der Waals surface area contributed by atoms with Gasteiger partial charge in [0.1, 0.15) is 5.75 Å². The zero-order valence-corrected chi connectivity index (χ0v) is 10.5. The highest BCUT2D eigenvalue weighted by Crippen LogP contribution is 2.30. The van der Waals surface area contributed by atoms with Gasteiger partial charge in [0.25, 0.3) is 0 Å². The van der Waals surface area contributed by atoms with Crippen molar-refractivity contribution in [3.05, 3.63) is 29.8 Å². The molecule has 0 fully saturated rings. The van der Waals surface area contributed by atoms with Gasteiger partial charge in [0, 0.05) is 12.2 Å². The van der Waals surface area contributed by atoms with Crippen LogP contribution in [-0.4, -0.2) is 13.7 Å². The van der Waals surface area contributed by atoms with Crippen LogP contribution in [0.1, 0.15) is 44.8 Å². The van der Waals surface area contributed by atoms with Crippen molar-refractivity contribution in [2.45, 2.75) is 39.2 Å². The molecule has 0 amide bonds. The van der Waals surface area contributed by atoms with E-state index < -0.39 is 0 Å². The maximum Gasteiger partial charge on any atom is 0.124 e. The van der Waals surface area contributed by atoms with Crippen LogP contribution in [0.3, 0.4) is 0 Å². The van der Waals surface area contributed by atoms with Gasteiger partial charge in [-0.3, -0.25) is 0 Å². The minimum atomic E-state index is 0.168. The summed E-state index contributed by atoms with van der Waals surface area (Å²) < 4.78 is 11.3. The van der Waals surface area contributed by atoms with E-state index in [0.29, 0.717) is 0 Å². The standard InChI is InChI=1S/C14H22O2/c1-4-8-14(16-11-5-2)12-9-6-7-10-13(12)15-3/h6-7,9-10,14H,4-5,8,11H2,1-3H3. The topological polar surface area (TPSA) is 18.5 Å². The van der Waals surface area contributed by atoms with Gasteiger partial charge in [-0.1, -0.05) is 38.5 Å². The molecule has 0 aliphatic carbocycles. The van der Waals surface area contributed by atoms with Crippen LogP contribution in [0.5, 0.6) is 5.75 Å². The van der Waals surface area contributed by atoms with E-state index in [0.717, 1.165) is 31.6 Å². The monoisotopic (exact) mass is 222 g/mol. The minimum Gasteiger partial charge on any atom is -0.496 e. The Morgan fingerprint density at radius 2 is 1.88 bits per heavy atom. The first-order chi connectivity index (χ1) is 7.83. The third-order valence-corrected chi connectivity index (χ3v) is 2.56. The van der Waals surface area contributed by atoms with Gasteiger partial charge in [0.2, 0.25) is 0 Å². The number of para-hydroxylation sites is 1. The number of hydrogen-bond acceptors (Lipinski definition) is 2. The molecule has 1 unspecified atom stereocenters. The summed E-state index contributed by atoms with van der Waals surface area (Å²) in [5.74, 6) is 0.928. The number of methoxy groups -OCH3 is 1. The third kappa shape index (κ3) is 3.53. The molecule has 0 aliphatic rings. The van der Waals surface area contributed by atoms with Crippen molar-refractivity contribution in [2.75, 3.05) is 13.7 Å². The van der Waals surface area contributed by atoms with Gasteiger partial charge >= 0.3 is 0 Å². The molecule has 0 heterocycles. The molecule has 0 aromatic heterocycles. The summed E-state index contributed by atoms with van der Waals surface area (Å²) >= 11 is 0. The molecule has 0 aliphatic heterocycles. The molecular formula is C14H22O2. The predicted molar refractivity (Wildman–Crippen MR) is 66.9 cm³/mol. The Bertz CT molecular complexity index is 297. The van der Waals surface area contributed by atoms with Gasteiger partial charge in [0.05, 0.1) is 13.2 Å². The first-order valence-electron chi connectivity index (χ1n) is 6.08. The van der Waals surface area contributed by atoms with Crippen LogP contribution in [0.2, 0.25) is 0 Å². The summed E-state index contributed by atoms with van der Waals surface area (Å²) in [5, 5.41) is 0. The first-order valence-corrected chi connectivity index (χ1v) is 6.08. The van der Waals surface area contributed by atoms with Crippen LogP contribution < -0.4 is 4.74 Å². The van der Waals surface area contributed by atoms with Crippen molar-refractivity contribution in [1.82, 2.24) is 0 Å². The molecule has 0 spiro atoms. The quantitative estimate of drug-likeness (QED) is 0.695. The van der Waals surface area contributed by atoms with Gasteiger partial charge in [-0.05, 0) is 18.9 Å². The second-order valence-electron chi connectivity index (χ2n) is 3.89. The lowest BCUT2D eigenvalue weighted by Gasteiger charge is -2.19. The minimum absolute atomic E-state index is 0.168. The summed E-state index contributed by atoms with van der Waals surface area (Å²) in [6, 6.07) is 8.11. The molecule has 2 nitrogen and oxygen atoms in total. The highest BCUT2D eigenvalue weighted by Gasteiger charge is 2.14. The van der Waals surface area contributed by atoms with Crippen LogP contribution in [0.25, 0.3) is 0 Å². The van der Waals surface area contributed by atoms with Gasteiger partial charge < -0.3 is 9.47 Å². The lowest BCUT2D eigenvalue weighted by Crippen LogP contribution is -2.06. The number of ether oxygens (including phenoxy) is 2. The molecule has 0 saturated carbocycles. The van der Waals surface area contributed by atoms with E-state index in [9.17, 15) is 0 Å². The molecule has 2 heteroatoms. The van der Waals surface area contributed by atoms with Gasteiger partial charge in [-0.25, -0.2) is 0 Å². The maximum atomic E-state index is 5.88. The summed E-state index contributed by atoms with van der Waals surface area (Å²) in [6.45, 7) is 5.12. The highest BCUT2D eigenvalue weighted by molar-refractivity contribution is 5.35. The van der Waals surface area contributed by atoms with Crippen molar-refractivity contribution in [3.63, 3.8) is 0 Å². The van der Waals surface area contributed by atoms with Crippen LogP contribution >= 0.6 is 0 Å². The molecule has 1 aromatic rings. The van der Waals surface area contributed by atoms with Crippen molar-refractivity contribution in [2.24, 2.45) is 0 Å². The Morgan fingerprint density at radius 3 is 2.50 bits per heavy atom. The SMILES string of the molecule is CCCOC(CCC)c1ccccc1OC. The summed E-state index contributed by atoms with van der Waals surface area (Å²) in [6.07, 6.45) is 3.38. The summed E-state index contributed by atoms with van der Waals surface area (Å²) in [4.78, 5) is 0. The molecule has 1 rings (SSSR count). The molecule has 0 bridgehead atoms. The Kier molecular flexibility index (Phi) is 5.94. The molecular weight excluding hydrogens is 200 g/mol. The number of rotatable bonds is 7. The average molecular weight is 222 g/mol. The normalized spacial score (nSPS) is 12.4. The first kappa shape index (κ1) is 13.0. The largest absolute Gasteiger partial charge is 0.496 e. The fourth-order valence-corrected chi connectivity index (χ4v) is 1.78. The smallest absolute Gasteiger partial charge is 0.124 e. The van der Waals surface area contributed by atoms with Crippen molar-refractivity contribution in [3.8, 4) is 5.75 Å². The van der Waals surface area contributed by atoms with Crippen LogP contribution in [0, 0.1) is 0 Å². The molecule has 1 atom stereocenters. The Labute approximate surface area is 98.6 Å². The molecule has 0 radical (unpaired) electrons. The Morgan fingerprint density at radius 1 is 1.12 bits per heavy atom. The average Bonchev–Trinajstić information content (AvgIpc) is 2.34. The molecule has 1 aromatic carbocycles. The molecule has 0 N–H and O–H groups in total.